The van der Waals surface area contributed by atoms with Crippen LogP contribution >= 0.6 is 15.9 Å². The zero-order valence-corrected chi connectivity index (χ0v) is 9.01. The van der Waals surface area contributed by atoms with E-state index in [0.717, 1.165) is 0 Å². The monoisotopic (exact) mass is 264 g/mol. The Labute approximate surface area is 93.5 Å². The van der Waals surface area contributed by atoms with Gasteiger partial charge in [0.25, 0.3) is 5.82 Å². The second-order valence-electron chi connectivity index (χ2n) is 2.68. The molecule has 0 aliphatic heterocycles. The summed E-state index contributed by atoms with van der Waals surface area (Å²) in [5.74, 6) is 0.0955. The van der Waals surface area contributed by atoms with Crippen LogP contribution in [0.5, 0.6) is 0 Å². The average molecular weight is 265 g/mol. The maximum absolute atomic E-state index is 8.59. The van der Waals surface area contributed by atoms with Crippen LogP contribution < -0.4 is 5.73 Å². The Balaban J connectivity index is 2.59. The highest BCUT2D eigenvalue weighted by molar-refractivity contribution is 9.10. The number of hydrogen-bond donors (Lipinski definition) is 1. The van der Waals surface area contributed by atoms with Crippen molar-refractivity contribution < 1.29 is 0 Å². The first-order valence-electron chi connectivity index (χ1n) is 3.93. The highest BCUT2D eigenvalue weighted by Gasteiger charge is 2.09. The van der Waals surface area contributed by atoms with Gasteiger partial charge in [0.2, 0.25) is 0 Å². The lowest BCUT2D eigenvalue weighted by molar-refractivity contribution is 0.868. The third-order valence-corrected chi connectivity index (χ3v) is 2.30. The zero-order chi connectivity index (χ0) is 10.8. The van der Waals surface area contributed by atoms with Crippen LogP contribution in [-0.4, -0.2) is 19.7 Å². The van der Waals surface area contributed by atoms with Crippen LogP contribution in [-0.2, 0) is 0 Å². The Morgan fingerprint density at radius 2 is 2.27 bits per heavy atom. The zero-order valence-electron chi connectivity index (χ0n) is 7.42. The van der Waals surface area contributed by atoms with Crippen molar-refractivity contribution in [2.24, 2.45) is 0 Å². The smallest absolute Gasteiger partial charge is 0.252 e. The summed E-state index contributed by atoms with van der Waals surface area (Å²) in [5, 5.41) is 12.5. The molecule has 6 nitrogen and oxygen atoms in total. The Kier molecular flexibility index (Phi) is 2.35. The molecule has 0 spiro atoms. The maximum Gasteiger partial charge on any atom is 0.252 e. The molecule has 0 saturated carbocycles. The Hall–Kier alpha value is -1.94. The summed E-state index contributed by atoms with van der Waals surface area (Å²) in [5.41, 5.74) is 6.82. The fraction of sp³-hybridized carbons (Fsp3) is 0. The number of nitrogen functional groups attached to an aromatic ring is 1. The number of nitriles is 1. The third-order valence-electron chi connectivity index (χ3n) is 1.72. The molecule has 2 aromatic heterocycles. The van der Waals surface area contributed by atoms with Crippen molar-refractivity contribution in [1.82, 2.24) is 19.7 Å². The molecule has 15 heavy (non-hydrogen) atoms. The van der Waals surface area contributed by atoms with Gasteiger partial charge in [0.15, 0.2) is 0 Å². The van der Waals surface area contributed by atoms with Gasteiger partial charge < -0.3 is 5.73 Å². The van der Waals surface area contributed by atoms with Gasteiger partial charge in [-0.15, -0.1) is 5.10 Å². The Morgan fingerprint density at radius 3 is 2.87 bits per heavy atom. The van der Waals surface area contributed by atoms with Crippen LogP contribution in [0.25, 0.3) is 5.69 Å². The number of pyridine rings is 1. The molecule has 0 aliphatic rings. The molecule has 0 unspecified atom stereocenters. The summed E-state index contributed by atoms with van der Waals surface area (Å²) < 4.78 is 2.12. The summed E-state index contributed by atoms with van der Waals surface area (Å²) in [6.45, 7) is 0. The maximum atomic E-state index is 8.59. The topological polar surface area (TPSA) is 93.4 Å². The molecule has 0 amide bonds. The number of aromatic nitrogens is 4. The molecule has 7 heteroatoms. The standard InChI is InChI=1S/C8H5BrN6/c9-5-2-12-3-6(11)8(5)15-4-13-7(1-10)14-15/h2-4H,11H2. The van der Waals surface area contributed by atoms with E-state index < -0.39 is 0 Å². The molecular formula is C8H5BrN6. The largest absolute Gasteiger partial charge is 0.396 e. The van der Waals surface area contributed by atoms with E-state index in [9.17, 15) is 0 Å². The lowest BCUT2D eigenvalue weighted by Gasteiger charge is -2.05. The predicted molar refractivity (Wildman–Crippen MR) is 56.0 cm³/mol. The molecule has 0 bridgehead atoms. The molecule has 0 aliphatic carbocycles. The fourth-order valence-electron chi connectivity index (χ4n) is 1.11. The van der Waals surface area contributed by atoms with E-state index in [0.29, 0.717) is 15.8 Å². The first kappa shape index (κ1) is 9.61. The second-order valence-corrected chi connectivity index (χ2v) is 3.54. The van der Waals surface area contributed by atoms with Crippen molar-refractivity contribution >= 4 is 21.6 Å². The quantitative estimate of drug-likeness (QED) is 0.825. The van der Waals surface area contributed by atoms with E-state index in [1.165, 1.54) is 17.2 Å². The minimum absolute atomic E-state index is 0.0955. The Bertz CT molecular complexity index is 520. The van der Waals surface area contributed by atoms with Gasteiger partial charge >= 0.3 is 0 Å². The summed E-state index contributed by atoms with van der Waals surface area (Å²) >= 11 is 3.30. The summed E-state index contributed by atoms with van der Waals surface area (Å²) in [7, 11) is 0. The van der Waals surface area contributed by atoms with Gasteiger partial charge in [-0.25, -0.2) is 9.67 Å². The van der Waals surface area contributed by atoms with Gasteiger partial charge in [0.05, 0.1) is 16.4 Å². The number of rotatable bonds is 1. The number of nitrogens with two attached hydrogens (primary N) is 1. The number of hydrogen-bond acceptors (Lipinski definition) is 5. The van der Waals surface area contributed by atoms with Crippen molar-refractivity contribution in [3.8, 4) is 11.8 Å². The molecule has 2 aromatic rings. The van der Waals surface area contributed by atoms with Crippen LogP contribution in [0, 0.1) is 11.3 Å². The lowest BCUT2D eigenvalue weighted by atomic mass is 10.3. The van der Waals surface area contributed by atoms with Gasteiger partial charge in [0.1, 0.15) is 18.1 Å². The van der Waals surface area contributed by atoms with Gasteiger partial charge in [-0.05, 0) is 15.9 Å². The Morgan fingerprint density at radius 1 is 1.47 bits per heavy atom. The molecule has 2 N–H and O–H groups in total. The van der Waals surface area contributed by atoms with Crippen molar-refractivity contribution in [2.75, 3.05) is 5.73 Å². The summed E-state index contributed by atoms with van der Waals surface area (Å²) in [6, 6.07) is 1.84. The third kappa shape index (κ3) is 1.67. The molecular weight excluding hydrogens is 260 g/mol. The van der Waals surface area contributed by atoms with E-state index >= 15 is 0 Å². The van der Waals surface area contributed by atoms with E-state index in [1.54, 1.807) is 6.20 Å². The number of halogens is 1. The van der Waals surface area contributed by atoms with Crippen molar-refractivity contribution in [3.63, 3.8) is 0 Å². The van der Waals surface area contributed by atoms with Crippen LogP contribution in [0.4, 0.5) is 5.69 Å². The van der Waals surface area contributed by atoms with E-state index in [1.807, 2.05) is 6.07 Å². The molecule has 0 radical (unpaired) electrons. The highest BCUT2D eigenvalue weighted by atomic mass is 79.9. The first-order chi connectivity index (χ1) is 7.22. The molecule has 0 fully saturated rings. The van der Waals surface area contributed by atoms with Gasteiger partial charge in [-0.1, -0.05) is 0 Å². The van der Waals surface area contributed by atoms with Crippen molar-refractivity contribution in [2.45, 2.75) is 0 Å². The van der Waals surface area contributed by atoms with Crippen LogP contribution in [0.2, 0.25) is 0 Å². The molecule has 0 atom stereocenters. The second kappa shape index (κ2) is 3.67. The molecule has 0 aromatic carbocycles. The normalized spacial score (nSPS) is 9.87. The minimum Gasteiger partial charge on any atom is -0.396 e. The fourth-order valence-corrected chi connectivity index (χ4v) is 1.64. The minimum atomic E-state index is 0.0955. The number of nitrogens with zero attached hydrogens (tertiary/aromatic N) is 5. The molecule has 2 heterocycles. The van der Waals surface area contributed by atoms with E-state index in [-0.39, 0.29) is 5.82 Å². The van der Waals surface area contributed by atoms with Crippen molar-refractivity contribution in [3.05, 3.63) is 29.0 Å². The first-order valence-corrected chi connectivity index (χ1v) is 4.73. The van der Waals surface area contributed by atoms with Crippen molar-refractivity contribution in [1.29, 1.82) is 5.26 Å². The summed E-state index contributed by atoms with van der Waals surface area (Å²) in [4.78, 5) is 7.69. The van der Waals surface area contributed by atoms with Crippen LogP contribution in [0.3, 0.4) is 0 Å². The number of anilines is 1. The van der Waals surface area contributed by atoms with Crippen LogP contribution in [0.15, 0.2) is 23.2 Å². The lowest BCUT2D eigenvalue weighted by Crippen LogP contribution is -2.02. The van der Waals surface area contributed by atoms with Crippen LogP contribution in [0.1, 0.15) is 5.82 Å². The van der Waals surface area contributed by atoms with E-state index in [2.05, 4.69) is 31.0 Å². The average Bonchev–Trinajstić information content (AvgIpc) is 2.66. The SMILES string of the molecule is N#Cc1ncn(-c2c(N)cncc2Br)n1. The summed E-state index contributed by atoms with van der Waals surface area (Å²) in [6.07, 6.45) is 4.53. The van der Waals surface area contributed by atoms with Gasteiger partial charge in [0, 0.05) is 6.20 Å². The van der Waals surface area contributed by atoms with Gasteiger partial charge in [-0.3, -0.25) is 4.98 Å². The predicted octanol–water partition coefficient (Wildman–Crippen LogP) is 0.879. The molecule has 74 valence electrons. The van der Waals surface area contributed by atoms with E-state index in [4.69, 9.17) is 11.0 Å². The highest BCUT2D eigenvalue weighted by Crippen LogP contribution is 2.24. The van der Waals surface area contributed by atoms with Gasteiger partial charge in [-0.2, -0.15) is 5.26 Å². The molecule has 0 saturated heterocycles. The molecule has 2 rings (SSSR count).